The minimum atomic E-state index is -0.509. The zero-order valence-corrected chi connectivity index (χ0v) is 78.0. The molecule has 2 rings (SSSR count). The maximum Gasteiger partial charge on any atom is 0.333 e. The van der Waals surface area contributed by atoms with Crippen LogP contribution in [0.15, 0.2) is 139 Å². The Bertz CT molecular complexity index is 2960. The summed E-state index contributed by atoms with van der Waals surface area (Å²) >= 11 is 9.46. The molecule has 120 heavy (non-hydrogen) atoms. The van der Waals surface area contributed by atoms with Gasteiger partial charge in [-0.3, -0.25) is 19.2 Å². The maximum absolute atomic E-state index is 11.1. The predicted molar refractivity (Wildman–Crippen MR) is 486 cm³/mol. The van der Waals surface area contributed by atoms with Crippen LogP contribution in [-0.4, -0.2) is 186 Å². The van der Waals surface area contributed by atoms with Crippen LogP contribution in [0.5, 0.6) is 0 Å². The molecule has 0 radical (unpaired) electrons. The first-order valence-corrected chi connectivity index (χ1v) is 42.7. The van der Waals surface area contributed by atoms with E-state index in [-0.39, 0.29) is 164 Å². The Morgan fingerprint density at radius 2 is 0.650 bits per heavy atom. The molecule has 0 bridgehead atoms. The summed E-state index contributed by atoms with van der Waals surface area (Å²) in [5.41, 5.74) is 1.17. The van der Waals surface area contributed by atoms with E-state index in [1.54, 1.807) is 60.2 Å². The number of carbonyl (C=O) groups excluding carboxylic acids is 10. The molecule has 2 aromatic rings. The van der Waals surface area contributed by atoms with Crippen LogP contribution in [0.2, 0.25) is 5.02 Å². The largest absolute Gasteiger partial charge is 0.463 e. The van der Waals surface area contributed by atoms with E-state index < -0.39 is 23.9 Å². The Morgan fingerprint density at radius 3 is 0.950 bits per heavy atom. The van der Waals surface area contributed by atoms with Crippen LogP contribution < -0.4 is 0 Å². The second-order valence-electron chi connectivity index (χ2n) is 29.6. The molecule has 2 aromatic carbocycles. The Morgan fingerprint density at radius 1 is 0.358 bits per heavy atom. The summed E-state index contributed by atoms with van der Waals surface area (Å²) in [6, 6.07) is 18.3. The topological polar surface area (TPSA) is 300 Å². The zero-order valence-electron chi connectivity index (χ0n) is 75.6. The van der Waals surface area contributed by atoms with Crippen LogP contribution in [0.25, 0.3) is 0 Å². The number of halogens is 1. The molecule has 0 aliphatic rings. The van der Waals surface area contributed by atoms with Crippen molar-refractivity contribution in [3.63, 3.8) is 0 Å². The third-order valence-corrected chi connectivity index (χ3v) is 15.6. The van der Waals surface area contributed by atoms with Crippen LogP contribution >= 0.6 is 35.1 Å². The van der Waals surface area contributed by atoms with Crippen molar-refractivity contribution in [2.45, 2.75) is 297 Å². The van der Waals surface area contributed by atoms with Crippen LogP contribution in [0.4, 0.5) is 0 Å². The normalized spacial score (nSPS) is 10.7. The lowest BCUT2D eigenvalue weighted by Crippen LogP contribution is -2.27. The highest BCUT2D eigenvalue weighted by molar-refractivity contribution is 7.99. The highest BCUT2D eigenvalue weighted by atomic mass is 35.5. The third kappa shape index (κ3) is 101. The number of ether oxygens (including phenoxy) is 14. The van der Waals surface area contributed by atoms with E-state index in [4.69, 9.17) is 68.4 Å². The fourth-order valence-electron chi connectivity index (χ4n) is 7.70. The molecule has 0 saturated heterocycles. The summed E-state index contributed by atoms with van der Waals surface area (Å²) in [7, 11) is 0. The second-order valence-corrected chi connectivity index (χ2v) is 32.2. The number of esters is 10. The van der Waals surface area contributed by atoms with Gasteiger partial charge in [0.2, 0.25) is 0 Å². The van der Waals surface area contributed by atoms with Gasteiger partial charge < -0.3 is 66.3 Å². The van der Waals surface area contributed by atoms with Crippen molar-refractivity contribution in [1.82, 2.24) is 0 Å². The monoisotopic (exact) mass is 1760 g/mol. The highest BCUT2D eigenvalue weighted by Crippen LogP contribution is 2.23. The predicted octanol–water partition coefficient (Wildman–Crippen LogP) is 20.9. The molecule has 0 aromatic heterocycles. The second kappa shape index (κ2) is 85.0. The number of benzene rings is 2. The van der Waals surface area contributed by atoms with Crippen LogP contribution in [-0.2, 0) is 114 Å². The summed E-state index contributed by atoms with van der Waals surface area (Å²) in [5, 5.41) is 0.766. The minimum Gasteiger partial charge on any atom is -0.463 e. The molecule has 692 valence electrons. The summed E-state index contributed by atoms with van der Waals surface area (Å²) in [5.74, 6) is 0.167. The maximum atomic E-state index is 11.1. The average Bonchev–Trinajstić information content (AvgIpc) is 0.920. The lowest BCUT2D eigenvalue weighted by atomic mass is 10.1. The summed E-state index contributed by atoms with van der Waals surface area (Å²) < 4.78 is 71.0. The molecule has 0 amide bonds. The Balaban J connectivity index is -0.000000200. The molecule has 27 heteroatoms. The Kier molecular flexibility index (Phi) is 90.6. The van der Waals surface area contributed by atoms with E-state index in [9.17, 15) is 47.9 Å². The lowest BCUT2D eigenvalue weighted by molar-refractivity contribution is -0.150. The van der Waals surface area contributed by atoms with Crippen molar-refractivity contribution in [2.75, 3.05) is 77.6 Å². The molecule has 0 saturated carbocycles. The van der Waals surface area contributed by atoms with Crippen LogP contribution in [0.1, 0.15) is 238 Å². The van der Waals surface area contributed by atoms with Gasteiger partial charge in [0.1, 0.15) is 26.4 Å². The zero-order chi connectivity index (χ0) is 91.5. The third-order valence-electron chi connectivity index (χ3n) is 13.0. The molecule has 2 unspecified atom stereocenters. The highest BCUT2D eigenvalue weighted by Gasteiger charge is 2.17. The van der Waals surface area contributed by atoms with Gasteiger partial charge in [-0.15, -0.1) is 23.5 Å². The number of hydrogen-bond acceptors (Lipinski definition) is 26. The summed E-state index contributed by atoms with van der Waals surface area (Å²) in [4.78, 5) is 111. The van der Waals surface area contributed by atoms with Gasteiger partial charge in [0.05, 0.1) is 88.5 Å². The first kappa shape index (κ1) is 128. The number of thioether (sulfide) groups is 2. The van der Waals surface area contributed by atoms with Gasteiger partial charge in [0, 0.05) is 86.9 Å². The first-order chi connectivity index (χ1) is 55.2. The van der Waals surface area contributed by atoms with E-state index in [1.807, 2.05) is 83.6 Å². The van der Waals surface area contributed by atoms with Crippen LogP contribution in [0, 0.1) is 23.7 Å². The fourth-order valence-corrected chi connectivity index (χ4v) is 9.61. The van der Waals surface area contributed by atoms with Gasteiger partial charge in [-0.25, -0.2) is 28.8 Å². The Hall–Kier alpha value is -7.59. The molecule has 0 aliphatic heterocycles. The number of carbonyl (C=O) groups is 10. The van der Waals surface area contributed by atoms with Gasteiger partial charge >= 0.3 is 59.7 Å². The van der Waals surface area contributed by atoms with Crippen molar-refractivity contribution in [1.29, 1.82) is 0 Å². The quantitative estimate of drug-likeness (QED) is 0.0195. The van der Waals surface area contributed by atoms with Crippen molar-refractivity contribution in [2.24, 2.45) is 23.7 Å². The van der Waals surface area contributed by atoms with Crippen molar-refractivity contribution in [3.8, 4) is 0 Å². The Labute approximate surface area is 737 Å². The minimum absolute atomic E-state index is 0. The smallest absolute Gasteiger partial charge is 0.333 e. The molecular formula is C93H157ClO24S2. The molecule has 2 atom stereocenters. The number of hydrogen-bond donors (Lipinski definition) is 0. The van der Waals surface area contributed by atoms with Crippen molar-refractivity contribution < 1.29 is 114 Å². The van der Waals surface area contributed by atoms with E-state index in [2.05, 4.69) is 142 Å². The molecule has 0 N–H and O–H groups in total. The molecule has 0 aliphatic carbocycles. The van der Waals surface area contributed by atoms with E-state index in [1.165, 1.54) is 15.9 Å². The molecule has 0 heterocycles. The standard InChI is InChI=1S/C15H23ClO2S.C15H24O2S.2C11H18O4.2C10H16O4.C10H18O2.C9H16O2.2CH4/c1-11(2)17-9-14(18-12(3)4)10-19-15-7-5-13(16)6-8-15;1-12(2)16-10-14(17-13(3)4)11-18-15-8-6-5-7-9-15;1-8(2)7-10(12)14-5-6-15-11(13)9(3)4;1-8(2)11(13)14-7-5-6-10(12)15-9(3)4;1-4-9(11)13-5-6-14-10(12)7-8(2)3;1-4-9(11)13-7-5-6-10(12)14-8(2)3;1-8(2)6-5-7-12-10(11)9(3)4;1-4-9(10)11-7-5-6-8(2)3;;/h5-8,11-12,14H,9-10H2,1-4H3;5-9,12-14H,10-11H2,1-4H3;8H,3,5-7H2,1-2,4H3;9H,1,5-7H2,2-4H3;2*4,8H,1,5-7H2,2-3H3;8H,3,5-7H2,1-2,4H3;4,8H,1,5-7H2,2-3H3;2*1H4. The lowest BCUT2D eigenvalue weighted by Gasteiger charge is -2.21. The summed E-state index contributed by atoms with van der Waals surface area (Å²) in [6.45, 7) is 68.0. The summed E-state index contributed by atoms with van der Waals surface area (Å²) in [6.07, 6.45) is 10.7. The van der Waals surface area contributed by atoms with Gasteiger partial charge in [0.25, 0.3) is 0 Å². The number of rotatable bonds is 50. The molecule has 0 fully saturated rings. The van der Waals surface area contributed by atoms with Gasteiger partial charge in [0.15, 0.2) is 0 Å². The average molecular weight is 1760 g/mol. The molecular weight excluding hydrogens is 1600 g/mol. The SMILES string of the molecule is C.C.C=C(C)C(=O)OCCCC(=O)OC(C)C.C=C(C)C(=O)OCCCC(C)C.C=C(C)C(=O)OCCOC(=O)CC(C)C.C=CC(=O)OCCCC(=O)OC(C)C.C=CC(=O)OCCCC(C)C.C=CC(=O)OCCOC(=O)CC(C)C.CC(C)OCC(CSc1ccc(Cl)cc1)OC(C)C.CC(C)OCC(CSc1ccccc1)OC(C)C. The van der Waals surface area contributed by atoms with E-state index in [0.29, 0.717) is 80.7 Å². The van der Waals surface area contributed by atoms with Gasteiger partial charge in [-0.2, -0.15) is 0 Å². The first-order valence-electron chi connectivity index (χ1n) is 40.4. The van der Waals surface area contributed by atoms with E-state index in [0.717, 1.165) is 54.4 Å². The molecule has 24 nitrogen and oxygen atoms in total. The van der Waals surface area contributed by atoms with Crippen molar-refractivity contribution in [3.05, 3.63) is 134 Å². The van der Waals surface area contributed by atoms with Crippen molar-refractivity contribution >= 4 is 94.8 Å². The van der Waals surface area contributed by atoms with E-state index >= 15 is 0 Å². The van der Waals surface area contributed by atoms with Crippen LogP contribution in [0.3, 0.4) is 0 Å². The fraction of sp³-hybridized carbons (Fsp3) is 0.634. The van der Waals surface area contributed by atoms with Gasteiger partial charge in [-0.05, 0) is 202 Å². The molecule has 0 spiro atoms. The van der Waals surface area contributed by atoms with Gasteiger partial charge in [-0.1, -0.05) is 140 Å².